The second kappa shape index (κ2) is 9.65. The molecule has 1 heterocycles. The van der Waals surface area contributed by atoms with Crippen LogP contribution in [-0.4, -0.2) is 34.4 Å². The van der Waals surface area contributed by atoms with Crippen LogP contribution in [-0.2, 0) is 9.53 Å². The van der Waals surface area contributed by atoms with Gasteiger partial charge in [-0.25, -0.2) is 9.78 Å². The molecule has 0 amide bonds. The van der Waals surface area contributed by atoms with Crippen molar-refractivity contribution < 1.29 is 19.4 Å². The van der Waals surface area contributed by atoms with Gasteiger partial charge in [0.25, 0.3) is 0 Å². The van der Waals surface area contributed by atoms with Crippen LogP contribution in [0.5, 0.6) is 11.6 Å². The predicted octanol–water partition coefficient (Wildman–Crippen LogP) is 5.69. The number of thioether (sulfide) groups is 1. The zero-order valence-electron chi connectivity index (χ0n) is 16.5. The smallest absolute Gasteiger partial charge is 0.339 e. The molecule has 1 N–H and O–H groups in total. The molecule has 0 saturated carbocycles. The van der Waals surface area contributed by atoms with Gasteiger partial charge in [0.1, 0.15) is 22.2 Å². The number of aryl methyl sites for hydroxylation is 1. The number of carbonyl (C=O) groups is 1. The van der Waals surface area contributed by atoms with Gasteiger partial charge < -0.3 is 14.6 Å². The summed E-state index contributed by atoms with van der Waals surface area (Å²) >= 11 is 7.28. The lowest BCUT2D eigenvalue weighted by Crippen LogP contribution is -2.08. The van der Waals surface area contributed by atoms with E-state index in [9.17, 15) is 9.90 Å². The van der Waals surface area contributed by atoms with E-state index in [1.54, 1.807) is 13.0 Å². The van der Waals surface area contributed by atoms with Crippen LogP contribution in [0.3, 0.4) is 0 Å². The third kappa shape index (κ3) is 4.93. The van der Waals surface area contributed by atoms with E-state index in [1.807, 2.05) is 48.7 Å². The lowest BCUT2D eigenvalue weighted by atomic mass is 10.1. The normalized spacial score (nSPS) is 11.3. The maximum absolute atomic E-state index is 11.8. The van der Waals surface area contributed by atoms with Crippen molar-refractivity contribution in [1.29, 1.82) is 0 Å². The highest BCUT2D eigenvalue weighted by molar-refractivity contribution is 7.98. The number of carboxylic acids is 1. The molecule has 6 nitrogen and oxygen atoms in total. The number of aromatic nitrogens is 2. The van der Waals surface area contributed by atoms with Gasteiger partial charge in [-0.05, 0) is 48.6 Å². The van der Waals surface area contributed by atoms with E-state index in [0.717, 1.165) is 17.4 Å². The molecule has 154 valence electrons. The van der Waals surface area contributed by atoms with E-state index < -0.39 is 5.97 Å². The molecule has 0 aliphatic rings. The summed E-state index contributed by atoms with van der Waals surface area (Å²) in [5, 5.41) is 10.8. The highest BCUT2D eigenvalue weighted by Crippen LogP contribution is 2.36. The highest BCUT2D eigenvalue weighted by Gasteiger charge is 2.24. The van der Waals surface area contributed by atoms with E-state index in [4.69, 9.17) is 21.1 Å². The van der Waals surface area contributed by atoms with Crippen LogP contribution in [0.25, 0.3) is 16.7 Å². The van der Waals surface area contributed by atoms with E-state index >= 15 is 0 Å². The van der Waals surface area contributed by atoms with Gasteiger partial charge >= 0.3 is 5.97 Å². The average Bonchev–Trinajstić information content (AvgIpc) is 2.72. The fourth-order valence-electron chi connectivity index (χ4n) is 2.80. The van der Waals surface area contributed by atoms with Gasteiger partial charge in [0.2, 0.25) is 5.88 Å². The summed E-state index contributed by atoms with van der Waals surface area (Å²) in [7, 11) is 1.38. The van der Waals surface area contributed by atoms with Crippen molar-refractivity contribution in [2.45, 2.75) is 11.9 Å². The molecular weight excluding hydrogens is 424 g/mol. The minimum absolute atomic E-state index is 0.0919. The zero-order valence-corrected chi connectivity index (χ0v) is 18.1. The Kier molecular flexibility index (Phi) is 6.97. The first kappa shape index (κ1) is 21.7. The maximum atomic E-state index is 11.8. The molecule has 3 aromatic rings. The number of halogens is 1. The van der Waals surface area contributed by atoms with E-state index in [-0.39, 0.29) is 17.0 Å². The molecule has 30 heavy (non-hydrogen) atoms. The zero-order chi connectivity index (χ0) is 21.7. The van der Waals surface area contributed by atoms with Gasteiger partial charge in [0, 0.05) is 5.02 Å². The fourth-order valence-corrected chi connectivity index (χ4v) is 3.55. The molecule has 0 aliphatic carbocycles. The van der Waals surface area contributed by atoms with Gasteiger partial charge in [-0.1, -0.05) is 35.9 Å². The van der Waals surface area contributed by atoms with Crippen molar-refractivity contribution in [2.75, 3.05) is 13.4 Å². The number of benzene rings is 2. The van der Waals surface area contributed by atoms with Crippen LogP contribution in [0.4, 0.5) is 0 Å². The Hall–Kier alpha value is -3.03. The molecule has 0 spiro atoms. The Morgan fingerprint density at radius 3 is 2.50 bits per heavy atom. The summed E-state index contributed by atoms with van der Waals surface area (Å²) < 4.78 is 11.0. The number of hydrogen-bond donors (Lipinski definition) is 1. The quantitative estimate of drug-likeness (QED) is 0.218. The summed E-state index contributed by atoms with van der Waals surface area (Å²) in [4.78, 5) is 20.5. The number of hydrogen-bond acceptors (Lipinski definition) is 6. The molecule has 0 saturated heterocycles. The second-order valence-electron chi connectivity index (χ2n) is 6.17. The van der Waals surface area contributed by atoms with Crippen LogP contribution in [0.15, 0.2) is 59.8 Å². The maximum Gasteiger partial charge on any atom is 0.339 e. The van der Waals surface area contributed by atoms with Gasteiger partial charge in [-0.3, -0.25) is 0 Å². The van der Waals surface area contributed by atoms with Crippen LogP contribution in [0.2, 0.25) is 5.02 Å². The monoisotopic (exact) mass is 442 g/mol. The molecule has 0 aliphatic heterocycles. The number of carboxylic acid groups (broad SMARTS) is 1. The summed E-state index contributed by atoms with van der Waals surface area (Å²) in [5.74, 6) is -0.0460. The minimum atomic E-state index is -1.17. The van der Waals surface area contributed by atoms with Gasteiger partial charge in [0.05, 0.1) is 18.9 Å². The summed E-state index contributed by atoms with van der Waals surface area (Å²) in [6.45, 7) is 1.72. The Balaban J connectivity index is 2.07. The number of ether oxygens (including phenoxy) is 2. The molecule has 1 aromatic heterocycles. The highest BCUT2D eigenvalue weighted by atomic mass is 35.5. The number of nitrogens with zero attached hydrogens (tertiary/aromatic N) is 2. The third-order valence-electron chi connectivity index (χ3n) is 4.11. The summed E-state index contributed by atoms with van der Waals surface area (Å²) in [5.41, 5.74) is 2.07. The van der Waals surface area contributed by atoms with Crippen LogP contribution in [0, 0.1) is 6.92 Å². The molecule has 0 radical (unpaired) electrons. The topological polar surface area (TPSA) is 81.5 Å². The van der Waals surface area contributed by atoms with Crippen molar-refractivity contribution >= 4 is 34.9 Å². The lowest BCUT2D eigenvalue weighted by Gasteiger charge is -2.15. The van der Waals surface area contributed by atoms with Gasteiger partial charge in [0.15, 0.2) is 0 Å². The predicted molar refractivity (Wildman–Crippen MR) is 118 cm³/mol. The molecule has 0 atom stereocenters. The minimum Gasteiger partial charge on any atom is -0.503 e. The molecular formula is C22H19ClN2O4S. The van der Waals surface area contributed by atoms with Crippen molar-refractivity contribution in [2.24, 2.45) is 0 Å². The Morgan fingerprint density at radius 2 is 1.87 bits per heavy atom. The van der Waals surface area contributed by atoms with Gasteiger partial charge in [-0.15, -0.1) is 11.8 Å². The molecule has 0 fully saturated rings. The van der Waals surface area contributed by atoms with Crippen molar-refractivity contribution in [3.63, 3.8) is 0 Å². The molecule has 8 heteroatoms. The van der Waals surface area contributed by atoms with E-state index in [1.165, 1.54) is 18.9 Å². The standard InChI is InChI=1S/C22H19ClN2O4S/c1-13-24-20(19(21(25-13)30-3)18(12-28-2)22(26)27)29-17-6-4-5-15(11-17)14-7-9-16(23)10-8-14/h4-12H,1-3H3,(H,26,27)/b18-12+. The van der Waals surface area contributed by atoms with E-state index in [0.29, 0.717) is 21.6 Å². The number of rotatable bonds is 7. The first-order valence-corrected chi connectivity index (χ1v) is 10.5. The first-order valence-electron chi connectivity index (χ1n) is 8.86. The van der Waals surface area contributed by atoms with Crippen molar-refractivity contribution in [1.82, 2.24) is 9.97 Å². The first-order chi connectivity index (χ1) is 14.4. The number of aliphatic carboxylic acids is 1. The van der Waals surface area contributed by atoms with Gasteiger partial charge in [-0.2, -0.15) is 4.98 Å². The number of methoxy groups -OCH3 is 1. The molecule has 2 aromatic carbocycles. The average molecular weight is 443 g/mol. The lowest BCUT2D eigenvalue weighted by molar-refractivity contribution is -0.130. The summed E-state index contributed by atoms with van der Waals surface area (Å²) in [6.07, 6.45) is 2.95. The van der Waals surface area contributed by atoms with Crippen molar-refractivity contribution in [3.8, 4) is 22.8 Å². The Morgan fingerprint density at radius 1 is 1.13 bits per heavy atom. The fraction of sp³-hybridized carbons (Fsp3) is 0.136. The molecule has 0 bridgehead atoms. The van der Waals surface area contributed by atoms with Crippen molar-refractivity contribution in [3.05, 3.63) is 71.2 Å². The third-order valence-corrected chi connectivity index (χ3v) is 5.04. The largest absolute Gasteiger partial charge is 0.503 e. The molecule has 0 unspecified atom stereocenters. The van der Waals surface area contributed by atoms with Crippen LogP contribution < -0.4 is 4.74 Å². The SMILES string of the molecule is CO/C=C(/C(=O)O)c1c(Oc2cccc(-c3ccc(Cl)cc3)c2)nc(C)nc1SC. The second-order valence-corrected chi connectivity index (χ2v) is 7.40. The Labute approximate surface area is 183 Å². The Bertz CT molecular complexity index is 1100. The van der Waals surface area contributed by atoms with E-state index in [2.05, 4.69) is 9.97 Å². The summed E-state index contributed by atoms with van der Waals surface area (Å²) in [6, 6.07) is 14.9. The van der Waals surface area contributed by atoms with Crippen LogP contribution in [0.1, 0.15) is 11.4 Å². The van der Waals surface area contributed by atoms with Crippen LogP contribution >= 0.6 is 23.4 Å². The molecule has 3 rings (SSSR count).